The minimum atomic E-state index is 0. The van der Waals surface area contributed by atoms with Crippen LogP contribution >= 0.6 is 35.7 Å². The molecule has 18 heavy (non-hydrogen) atoms. The van der Waals surface area contributed by atoms with E-state index < -0.39 is 0 Å². The van der Waals surface area contributed by atoms with E-state index in [0.717, 1.165) is 25.6 Å². The highest BCUT2D eigenvalue weighted by Gasteiger charge is 2.29. The average molecular weight is 387 g/mol. The van der Waals surface area contributed by atoms with Gasteiger partial charge < -0.3 is 15.4 Å². The minimum Gasteiger partial charge on any atom is -0.383 e. The Morgan fingerprint density at radius 1 is 1.44 bits per heavy atom. The molecule has 0 aromatic carbocycles. The van der Waals surface area contributed by atoms with Gasteiger partial charge in [-0.05, 0) is 32.4 Å². The molecule has 6 heteroatoms. The highest BCUT2D eigenvalue weighted by atomic mass is 127. The van der Waals surface area contributed by atoms with E-state index in [0.29, 0.717) is 11.4 Å². The number of nitrogens with one attached hydrogen (secondary N) is 2. The molecule has 1 saturated heterocycles. The van der Waals surface area contributed by atoms with Crippen molar-refractivity contribution in [3.05, 3.63) is 0 Å². The summed E-state index contributed by atoms with van der Waals surface area (Å²) in [6, 6.07) is 0. The van der Waals surface area contributed by atoms with E-state index in [1.807, 2.05) is 11.8 Å². The molecule has 0 radical (unpaired) electrons. The number of aliphatic imine (C=N–C) groups is 1. The second-order valence-corrected chi connectivity index (χ2v) is 6.20. The van der Waals surface area contributed by atoms with Crippen LogP contribution in [0.2, 0.25) is 0 Å². The van der Waals surface area contributed by atoms with Gasteiger partial charge in [0.05, 0.1) is 13.2 Å². The van der Waals surface area contributed by atoms with Crippen LogP contribution in [0.3, 0.4) is 0 Å². The standard InChI is InChI=1S/C12H25N3OS.HI/c1-4-13-11(14-7-8-16-3)15-10-12(2)6-5-9-17-12;/h4-10H2,1-3H3,(H2,13,14,15);1H. The second-order valence-electron chi connectivity index (χ2n) is 4.52. The summed E-state index contributed by atoms with van der Waals surface area (Å²) in [6.07, 6.45) is 2.60. The highest BCUT2D eigenvalue weighted by Crippen LogP contribution is 2.37. The molecule has 1 atom stereocenters. The Balaban J connectivity index is 0.00000289. The smallest absolute Gasteiger partial charge is 0.191 e. The lowest BCUT2D eigenvalue weighted by Crippen LogP contribution is -2.40. The topological polar surface area (TPSA) is 45.7 Å². The van der Waals surface area contributed by atoms with E-state index >= 15 is 0 Å². The van der Waals surface area contributed by atoms with Crippen molar-refractivity contribution in [1.82, 2.24) is 10.6 Å². The summed E-state index contributed by atoms with van der Waals surface area (Å²) < 4.78 is 5.36. The zero-order chi connectivity index (χ0) is 12.6. The van der Waals surface area contributed by atoms with E-state index in [9.17, 15) is 0 Å². The van der Waals surface area contributed by atoms with Crippen molar-refractivity contribution in [2.45, 2.75) is 31.4 Å². The van der Waals surface area contributed by atoms with Crippen molar-refractivity contribution in [3.8, 4) is 0 Å². The largest absolute Gasteiger partial charge is 0.383 e. The maximum atomic E-state index is 5.02. The van der Waals surface area contributed by atoms with Crippen LogP contribution in [-0.2, 0) is 4.74 Å². The van der Waals surface area contributed by atoms with Crippen LogP contribution in [0.1, 0.15) is 26.7 Å². The second kappa shape index (κ2) is 10.1. The van der Waals surface area contributed by atoms with Gasteiger partial charge in [-0.2, -0.15) is 11.8 Å². The van der Waals surface area contributed by atoms with E-state index in [1.54, 1.807) is 7.11 Å². The first-order valence-corrected chi connectivity index (χ1v) is 7.34. The molecule has 1 fully saturated rings. The van der Waals surface area contributed by atoms with Gasteiger partial charge in [0.15, 0.2) is 5.96 Å². The first-order valence-electron chi connectivity index (χ1n) is 6.35. The van der Waals surface area contributed by atoms with Crippen molar-refractivity contribution >= 4 is 41.7 Å². The number of nitrogens with zero attached hydrogens (tertiary/aromatic N) is 1. The molecule has 1 aliphatic heterocycles. The molecule has 4 nitrogen and oxygen atoms in total. The molecule has 1 unspecified atom stereocenters. The SMILES string of the molecule is CCNC(=NCC1(C)CCCS1)NCCOC.I. The van der Waals surface area contributed by atoms with Gasteiger partial charge in [-0.15, -0.1) is 24.0 Å². The van der Waals surface area contributed by atoms with Crippen LogP contribution in [0.15, 0.2) is 4.99 Å². The molecule has 0 aliphatic carbocycles. The van der Waals surface area contributed by atoms with Crippen molar-refractivity contribution in [2.75, 3.05) is 39.1 Å². The van der Waals surface area contributed by atoms with Crippen molar-refractivity contribution in [2.24, 2.45) is 4.99 Å². The van der Waals surface area contributed by atoms with Crippen LogP contribution in [0.4, 0.5) is 0 Å². The molecule has 2 N–H and O–H groups in total. The lowest BCUT2D eigenvalue weighted by atomic mass is 10.1. The number of thioether (sulfide) groups is 1. The van der Waals surface area contributed by atoms with Gasteiger partial charge in [-0.1, -0.05) is 0 Å². The summed E-state index contributed by atoms with van der Waals surface area (Å²) in [5.41, 5.74) is 0. The maximum absolute atomic E-state index is 5.02. The molecule has 0 spiro atoms. The lowest BCUT2D eigenvalue weighted by molar-refractivity contribution is 0.203. The van der Waals surface area contributed by atoms with Gasteiger partial charge in [-0.3, -0.25) is 4.99 Å². The highest BCUT2D eigenvalue weighted by molar-refractivity contribution is 14.0. The zero-order valence-electron chi connectivity index (χ0n) is 11.6. The molecule has 1 heterocycles. The quantitative estimate of drug-likeness (QED) is 0.317. The normalized spacial score (nSPS) is 23.6. The third-order valence-corrected chi connectivity index (χ3v) is 4.34. The molecule has 1 aliphatic rings. The van der Waals surface area contributed by atoms with E-state index in [2.05, 4.69) is 29.5 Å². The predicted molar refractivity (Wildman–Crippen MR) is 91.4 cm³/mol. The average Bonchev–Trinajstić information content (AvgIpc) is 2.74. The fourth-order valence-corrected chi connectivity index (χ4v) is 3.05. The molecule has 0 saturated carbocycles. The van der Waals surface area contributed by atoms with Gasteiger partial charge in [-0.25, -0.2) is 0 Å². The number of ether oxygens (including phenoxy) is 1. The molecular formula is C12H26IN3OS. The lowest BCUT2D eigenvalue weighted by Gasteiger charge is -2.21. The molecule has 0 amide bonds. The Labute approximate surface area is 132 Å². The first-order chi connectivity index (χ1) is 8.20. The van der Waals surface area contributed by atoms with Crippen molar-refractivity contribution in [3.63, 3.8) is 0 Å². The van der Waals surface area contributed by atoms with Crippen LogP contribution in [0.5, 0.6) is 0 Å². The summed E-state index contributed by atoms with van der Waals surface area (Å²) in [7, 11) is 1.71. The molecule has 108 valence electrons. The summed E-state index contributed by atoms with van der Waals surface area (Å²) in [5, 5.41) is 6.52. The molecule has 0 aromatic heterocycles. The van der Waals surface area contributed by atoms with E-state index in [4.69, 9.17) is 4.74 Å². The number of halogens is 1. The Kier molecular flexibility index (Phi) is 10.3. The third-order valence-electron chi connectivity index (χ3n) is 2.81. The van der Waals surface area contributed by atoms with Crippen LogP contribution in [0.25, 0.3) is 0 Å². The molecular weight excluding hydrogens is 361 g/mol. The fourth-order valence-electron chi connectivity index (χ4n) is 1.82. The number of guanidine groups is 1. The fraction of sp³-hybridized carbons (Fsp3) is 0.917. The Morgan fingerprint density at radius 2 is 2.22 bits per heavy atom. The first kappa shape index (κ1) is 18.3. The minimum absolute atomic E-state index is 0. The summed E-state index contributed by atoms with van der Waals surface area (Å²) in [6.45, 7) is 7.68. The van der Waals surface area contributed by atoms with Gasteiger partial charge in [0, 0.05) is 24.9 Å². The summed E-state index contributed by atoms with van der Waals surface area (Å²) in [4.78, 5) is 4.66. The van der Waals surface area contributed by atoms with Crippen LogP contribution < -0.4 is 10.6 Å². The maximum Gasteiger partial charge on any atom is 0.191 e. The summed E-state index contributed by atoms with van der Waals surface area (Å²) in [5.74, 6) is 2.18. The van der Waals surface area contributed by atoms with Gasteiger partial charge in [0.25, 0.3) is 0 Å². The van der Waals surface area contributed by atoms with Gasteiger partial charge >= 0.3 is 0 Å². The van der Waals surface area contributed by atoms with E-state index in [-0.39, 0.29) is 24.0 Å². The monoisotopic (exact) mass is 387 g/mol. The number of methoxy groups -OCH3 is 1. The molecule has 1 rings (SSSR count). The number of rotatable bonds is 6. The predicted octanol–water partition coefficient (Wildman–Crippen LogP) is 2.09. The Hall–Kier alpha value is 0.310. The van der Waals surface area contributed by atoms with Gasteiger partial charge in [0.2, 0.25) is 0 Å². The number of hydrogen-bond donors (Lipinski definition) is 2. The molecule has 0 aromatic rings. The molecule has 0 bridgehead atoms. The zero-order valence-corrected chi connectivity index (χ0v) is 14.8. The van der Waals surface area contributed by atoms with Crippen molar-refractivity contribution < 1.29 is 4.74 Å². The van der Waals surface area contributed by atoms with E-state index in [1.165, 1.54) is 18.6 Å². The Morgan fingerprint density at radius 3 is 2.78 bits per heavy atom. The summed E-state index contributed by atoms with van der Waals surface area (Å²) >= 11 is 2.05. The van der Waals surface area contributed by atoms with Crippen LogP contribution in [0, 0.1) is 0 Å². The van der Waals surface area contributed by atoms with Crippen molar-refractivity contribution in [1.29, 1.82) is 0 Å². The third kappa shape index (κ3) is 7.04. The van der Waals surface area contributed by atoms with Gasteiger partial charge in [0.1, 0.15) is 0 Å². The van der Waals surface area contributed by atoms with Crippen LogP contribution in [-0.4, -0.2) is 49.8 Å². The Bertz CT molecular complexity index is 245. The number of hydrogen-bond acceptors (Lipinski definition) is 3.